The first kappa shape index (κ1) is 25.5. The molecule has 0 aliphatic carbocycles. The van der Waals surface area contributed by atoms with Crippen molar-refractivity contribution in [2.75, 3.05) is 13.2 Å². The van der Waals surface area contributed by atoms with Crippen LogP contribution in [0.4, 0.5) is 0 Å². The minimum Gasteiger partial charge on any atom is -0.394 e. The van der Waals surface area contributed by atoms with Crippen LogP contribution in [0.1, 0.15) is 58.8 Å². The van der Waals surface area contributed by atoms with Gasteiger partial charge in [-0.1, -0.05) is 39.5 Å². The molecule has 1 heterocycles. The molecule has 1 rings (SSSR count). The molecule has 1 aliphatic heterocycles. The first-order valence-electron chi connectivity index (χ1n) is 8.25. The first-order chi connectivity index (χ1) is 11.7. The zero-order valence-corrected chi connectivity index (χ0v) is 14.7. The Kier molecular flexibility index (Phi) is 14.9. The van der Waals surface area contributed by atoms with Crippen LogP contribution in [0.5, 0.6) is 0 Å². The normalized spacial score (nSPS) is 24.5. The molecule has 25 heavy (non-hydrogen) atoms. The van der Waals surface area contributed by atoms with E-state index in [2.05, 4.69) is 13.8 Å². The number of nitrogens with zero attached hydrogens (tertiary/aromatic N) is 2. The molecule has 0 aromatic carbocycles. The van der Waals surface area contributed by atoms with Gasteiger partial charge in [-0.2, -0.15) is 0 Å². The van der Waals surface area contributed by atoms with E-state index in [1.54, 1.807) is 0 Å². The van der Waals surface area contributed by atoms with Gasteiger partial charge in [-0.05, 0) is 25.2 Å². The Morgan fingerprint density at radius 2 is 1.56 bits per heavy atom. The van der Waals surface area contributed by atoms with E-state index in [1.165, 1.54) is 12.8 Å². The molecule has 0 amide bonds. The minimum atomic E-state index is -1.50. The number of hydrogen-bond acceptors (Lipinski definition) is 7. The maximum absolute atomic E-state index is 9.72. The van der Waals surface area contributed by atoms with Gasteiger partial charge >= 0.3 is 0 Å². The molecule has 4 N–H and O–H groups in total. The van der Waals surface area contributed by atoms with Crippen LogP contribution in [0.2, 0.25) is 0 Å². The number of rotatable bonds is 8. The lowest BCUT2D eigenvalue weighted by Crippen LogP contribution is -2.40. The summed E-state index contributed by atoms with van der Waals surface area (Å²) in [4.78, 5) is 16.7. The van der Waals surface area contributed by atoms with Gasteiger partial charge in [0.25, 0.3) is 10.2 Å². The molecule has 150 valence electrons. The Morgan fingerprint density at radius 3 is 1.92 bits per heavy atom. The van der Waals surface area contributed by atoms with Gasteiger partial charge in [0.1, 0.15) is 0 Å². The van der Waals surface area contributed by atoms with Crippen LogP contribution >= 0.6 is 0 Å². The van der Waals surface area contributed by atoms with E-state index in [1.807, 2.05) is 0 Å². The molecule has 0 spiro atoms. The maximum Gasteiger partial charge on any atom is 0.291 e. The Labute approximate surface area is 146 Å². The van der Waals surface area contributed by atoms with Crippen molar-refractivity contribution < 1.29 is 35.5 Å². The third-order valence-corrected chi connectivity index (χ3v) is 4.02. The average molecular weight is 370 g/mol. The Morgan fingerprint density at radius 1 is 1.08 bits per heavy atom. The number of aliphatic hydroxyl groups excluding tert-OH is 2. The van der Waals surface area contributed by atoms with Crippen molar-refractivity contribution in [3.63, 3.8) is 0 Å². The molecule has 0 radical (unpaired) electrons. The molecule has 3 atom stereocenters. The third kappa shape index (κ3) is 12.3. The number of unbranched alkanes of at least 4 members (excludes halogenated alkanes) is 2. The van der Waals surface area contributed by atoms with Gasteiger partial charge in [-0.3, -0.25) is 0 Å². The summed E-state index contributed by atoms with van der Waals surface area (Å²) < 4.78 is 5.96. The van der Waals surface area contributed by atoms with Gasteiger partial charge in [0, 0.05) is 0 Å². The van der Waals surface area contributed by atoms with Crippen LogP contribution in [0.15, 0.2) is 0 Å². The maximum atomic E-state index is 9.72. The highest BCUT2D eigenvalue weighted by atomic mass is 16.9. The SMILES string of the molecule is CCCCC1CC(CO)OC1(CO)CCCC.O=[N+]([O-])O.O=[N+]([O-])O. The van der Waals surface area contributed by atoms with Gasteiger partial charge < -0.3 is 25.4 Å². The second-order valence-electron chi connectivity index (χ2n) is 5.80. The van der Waals surface area contributed by atoms with Crippen molar-refractivity contribution in [2.24, 2.45) is 5.92 Å². The fourth-order valence-corrected chi connectivity index (χ4v) is 2.94. The Bertz CT molecular complexity index is 350. The second kappa shape index (κ2) is 14.6. The molecular formula is C14H30N2O9. The predicted molar refractivity (Wildman–Crippen MR) is 86.5 cm³/mol. The minimum absolute atomic E-state index is 0.0686. The van der Waals surface area contributed by atoms with Crippen molar-refractivity contribution >= 4 is 0 Å². The first-order valence-corrected chi connectivity index (χ1v) is 8.25. The summed E-state index contributed by atoms with van der Waals surface area (Å²) in [5.41, 5.74) is -0.376. The molecule has 0 aromatic heterocycles. The molecule has 0 aromatic rings. The number of ether oxygens (including phenoxy) is 1. The van der Waals surface area contributed by atoms with Crippen molar-refractivity contribution in [3.05, 3.63) is 20.2 Å². The predicted octanol–water partition coefficient (Wildman–Crippen LogP) is 1.80. The lowest BCUT2D eigenvalue weighted by atomic mass is 9.80. The van der Waals surface area contributed by atoms with Crippen LogP contribution in [0.3, 0.4) is 0 Å². The van der Waals surface area contributed by atoms with Gasteiger partial charge in [-0.15, -0.1) is 20.2 Å². The van der Waals surface area contributed by atoms with Crippen molar-refractivity contribution in [2.45, 2.75) is 70.5 Å². The molecule has 3 unspecified atom stereocenters. The van der Waals surface area contributed by atoms with Crippen LogP contribution in [0, 0.1) is 26.1 Å². The largest absolute Gasteiger partial charge is 0.394 e. The highest BCUT2D eigenvalue weighted by molar-refractivity contribution is 4.95. The highest BCUT2D eigenvalue weighted by Crippen LogP contribution is 2.42. The molecule has 1 saturated heterocycles. The Balaban J connectivity index is 0. The fourth-order valence-electron chi connectivity index (χ4n) is 2.94. The van der Waals surface area contributed by atoms with Crippen LogP contribution < -0.4 is 0 Å². The van der Waals surface area contributed by atoms with E-state index in [-0.39, 0.29) is 24.9 Å². The van der Waals surface area contributed by atoms with Crippen LogP contribution in [-0.2, 0) is 4.74 Å². The molecule has 0 bridgehead atoms. The van der Waals surface area contributed by atoms with E-state index in [0.717, 1.165) is 32.1 Å². The zero-order valence-electron chi connectivity index (χ0n) is 14.7. The highest BCUT2D eigenvalue weighted by Gasteiger charge is 2.46. The van der Waals surface area contributed by atoms with E-state index >= 15 is 0 Å². The fraction of sp³-hybridized carbons (Fsp3) is 1.00. The van der Waals surface area contributed by atoms with E-state index in [9.17, 15) is 10.2 Å². The van der Waals surface area contributed by atoms with Crippen LogP contribution in [-0.4, -0.2) is 55.7 Å². The van der Waals surface area contributed by atoms with E-state index in [4.69, 9.17) is 35.4 Å². The second-order valence-corrected chi connectivity index (χ2v) is 5.80. The lowest BCUT2D eigenvalue weighted by molar-refractivity contribution is -0.742. The molecular weight excluding hydrogens is 340 g/mol. The zero-order chi connectivity index (χ0) is 19.9. The Hall–Kier alpha value is -1.72. The molecule has 1 aliphatic rings. The summed E-state index contributed by atoms with van der Waals surface area (Å²) in [6.45, 7) is 4.52. The van der Waals surface area contributed by atoms with E-state index < -0.39 is 10.2 Å². The standard InChI is InChI=1S/C14H28O3.2HNO3/c1-3-5-7-12-9-13(10-15)17-14(12,11-16)8-6-4-2;2*2-1(3)4/h12-13,15-16H,3-11H2,1-2H3;2*(H,2,3,4). The summed E-state index contributed by atoms with van der Waals surface area (Å²) in [6, 6.07) is 0. The lowest BCUT2D eigenvalue weighted by Gasteiger charge is -2.33. The van der Waals surface area contributed by atoms with Gasteiger partial charge in [0.05, 0.1) is 24.9 Å². The van der Waals surface area contributed by atoms with Gasteiger partial charge in [0.2, 0.25) is 0 Å². The number of hydrogen-bond donors (Lipinski definition) is 4. The van der Waals surface area contributed by atoms with Crippen LogP contribution in [0.25, 0.3) is 0 Å². The summed E-state index contributed by atoms with van der Waals surface area (Å²) in [7, 11) is 0. The number of aliphatic hydroxyl groups is 2. The smallest absolute Gasteiger partial charge is 0.291 e. The summed E-state index contributed by atoms with van der Waals surface area (Å²) in [5.74, 6) is 0.413. The third-order valence-electron chi connectivity index (χ3n) is 4.02. The molecule has 1 fully saturated rings. The summed E-state index contributed by atoms with van der Waals surface area (Å²) in [5, 5.41) is 46.3. The van der Waals surface area contributed by atoms with Crippen molar-refractivity contribution in [1.82, 2.24) is 0 Å². The summed E-state index contributed by atoms with van der Waals surface area (Å²) in [6.07, 6.45) is 7.43. The molecule has 11 heteroatoms. The van der Waals surface area contributed by atoms with Crippen molar-refractivity contribution in [3.8, 4) is 0 Å². The van der Waals surface area contributed by atoms with Gasteiger partial charge in [-0.25, -0.2) is 0 Å². The molecule has 0 saturated carbocycles. The quantitative estimate of drug-likeness (QED) is 0.366. The average Bonchev–Trinajstić information content (AvgIpc) is 2.88. The van der Waals surface area contributed by atoms with Gasteiger partial charge in [0.15, 0.2) is 0 Å². The topological polar surface area (TPSA) is 176 Å². The molecule has 11 nitrogen and oxygen atoms in total. The monoisotopic (exact) mass is 370 g/mol. The summed E-state index contributed by atoms with van der Waals surface area (Å²) >= 11 is 0. The van der Waals surface area contributed by atoms with E-state index in [0.29, 0.717) is 5.92 Å². The van der Waals surface area contributed by atoms with Crippen molar-refractivity contribution in [1.29, 1.82) is 0 Å².